The van der Waals surface area contributed by atoms with Crippen molar-refractivity contribution in [2.45, 2.75) is 45.1 Å². The van der Waals surface area contributed by atoms with Gasteiger partial charge in [-0.1, -0.05) is 6.92 Å². The van der Waals surface area contributed by atoms with Crippen molar-refractivity contribution in [2.24, 2.45) is 17.8 Å². The van der Waals surface area contributed by atoms with E-state index in [1.54, 1.807) is 0 Å². The van der Waals surface area contributed by atoms with E-state index >= 15 is 0 Å². The molecular formula is C14H26N2. The average Bonchev–Trinajstić information content (AvgIpc) is 3.17. The molecule has 1 aliphatic heterocycles. The first kappa shape index (κ1) is 11.0. The Bertz CT molecular complexity index is 221. The third-order valence-corrected chi connectivity index (χ3v) is 4.69. The summed E-state index contributed by atoms with van der Waals surface area (Å²) in [6.45, 7) is 7.42. The van der Waals surface area contributed by atoms with Gasteiger partial charge < -0.3 is 10.2 Å². The van der Waals surface area contributed by atoms with Crippen LogP contribution in [0.15, 0.2) is 0 Å². The Kier molecular flexibility index (Phi) is 3.21. The Hall–Kier alpha value is -0.0800. The fourth-order valence-electron chi connectivity index (χ4n) is 3.48. The van der Waals surface area contributed by atoms with Gasteiger partial charge >= 0.3 is 0 Å². The van der Waals surface area contributed by atoms with Crippen molar-refractivity contribution in [1.82, 2.24) is 10.2 Å². The Morgan fingerprint density at radius 2 is 1.81 bits per heavy atom. The number of nitrogens with one attached hydrogen (secondary N) is 1. The van der Waals surface area contributed by atoms with Crippen molar-refractivity contribution in [2.75, 3.05) is 26.2 Å². The van der Waals surface area contributed by atoms with Gasteiger partial charge in [0.05, 0.1) is 0 Å². The molecule has 0 aromatic heterocycles. The molecule has 2 nitrogen and oxygen atoms in total. The summed E-state index contributed by atoms with van der Waals surface area (Å²) in [4.78, 5) is 2.73. The minimum Gasteiger partial charge on any atom is -0.313 e. The lowest BCUT2D eigenvalue weighted by molar-refractivity contribution is 0.235. The zero-order valence-electron chi connectivity index (χ0n) is 10.6. The lowest BCUT2D eigenvalue weighted by atomic mass is 9.97. The quantitative estimate of drug-likeness (QED) is 0.740. The van der Waals surface area contributed by atoms with Crippen molar-refractivity contribution < 1.29 is 0 Å². The van der Waals surface area contributed by atoms with Gasteiger partial charge in [-0.25, -0.2) is 0 Å². The van der Waals surface area contributed by atoms with Gasteiger partial charge in [0.15, 0.2) is 0 Å². The minimum absolute atomic E-state index is 0.782. The highest BCUT2D eigenvalue weighted by Gasteiger charge is 2.42. The van der Waals surface area contributed by atoms with E-state index in [0.29, 0.717) is 0 Å². The van der Waals surface area contributed by atoms with Crippen LogP contribution in [0.25, 0.3) is 0 Å². The number of likely N-dealkylation sites (tertiary alicyclic amines) is 1. The van der Waals surface area contributed by atoms with E-state index in [9.17, 15) is 0 Å². The summed E-state index contributed by atoms with van der Waals surface area (Å²) in [5, 5.41) is 3.60. The molecule has 2 aliphatic carbocycles. The van der Waals surface area contributed by atoms with Crippen LogP contribution in [0.3, 0.4) is 0 Å². The standard InChI is InChI=1S/C14H26N2/c1-2-15-13-7-8-16(9-13)10-14(11-3-4-11)12-5-6-12/h11-15H,2-10H2,1H3. The first-order valence-corrected chi connectivity index (χ1v) is 7.32. The van der Waals surface area contributed by atoms with E-state index in [0.717, 1.165) is 30.3 Å². The summed E-state index contributed by atoms with van der Waals surface area (Å²) >= 11 is 0. The van der Waals surface area contributed by atoms with E-state index in [-0.39, 0.29) is 0 Å². The van der Waals surface area contributed by atoms with Gasteiger partial charge in [0.2, 0.25) is 0 Å². The molecule has 0 spiro atoms. The fourth-order valence-corrected chi connectivity index (χ4v) is 3.48. The van der Waals surface area contributed by atoms with Gasteiger partial charge in [0, 0.05) is 19.1 Å². The van der Waals surface area contributed by atoms with Crippen LogP contribution in [0, 0.1) is 17.8 Å². The molecule has 2 heteroatoms. The van der Waals surface area contributed by atoms with Crippen molar-refractivity contribution in [3.05, 3.63) is 0 Å². The maximum atomic E-state index is 3.60. The molecule has 0 aromatic rings. The van der Waals surface area contributed by atoms with Crippen molar-refractivity contribution in [1.29, 1.82) is 0 Å². The third kappa shape index (κ3) is 2.60. The zero-order chi connectivity index (χ0) is 11.0. The van der Waals surface area contributed by atoms with Crippen LogP contribution in [0.5, 0.6) is 0 Å². The first-order valence-electron chi connectivity index (χ1n) is 7.32. The Labute approximate surface area is 99.8 Å². The molecule has 1 saturated heterocycles. The summed E-state index contributed by atoms with van der Waals surface area (Å²) in [5.41, 5.74) is 0. The summed E-state index contributed by atoms with van der Waals surface area (Å²) in [6.07, 6.45) is 7.50. The number of hydrogen-bond donors (Lipinski definition) is 1. The molecule has 1 heterocycles. The molecular weight excluding hydrogens is 196 g/mol. The molecule has 2 saturated carbocycles. The topological polar surface area (TPSA) is 15.3 Å². The second-order valence-electron chi connectivity index (χ2n) is 6.14. The van der Waals surface area contributed by atoms with Crippen LogP contribution in [-0.2, 0) is 0 Å². The largest absolute Gasteiger partial charge is 0.313 e. The second kappa shape index (κ2) is 4.66. The van der Waals surface area contributed by atoms with E-state index in [4.69, 9.17) is 0 Å². The van der Waals surface area contributed by atoms with E-state index in [2.05, 4.69) is 17.1 Å². The summed E-state index contributed by atoms with van der Waals surface area (Å²) in [6, 6.07) is 0.782. The molecule has 0 radical (unpaired) electrons. The van der Waals surface area contributed by atoms with Crippen LogP contribution >= 0.6 is 0 Å². The van der Waals surface area contributed by atoms with Gasteiger partial charge in [-0.2, -0.15) is 0 Å². The van der Waals surface area contributed by atoms with Crippen molar-refractivity contribution >= 4 is 0 Å². The highest BCUT2D eigenvalue weighted by molar-refractivity contribution is 4.94. The molecule has 3 fully saturated rings. The maximum Gasteiger partial charge on any atom is 0.0207 e. The van der Waals surface area contributed by atoms with Crippen LogP contribution in [0.4, 0.5) is 0 Å². The second-order valence-corrected chi connectivity index (χ2v) is 6.14. The molecule has 1 atom stereocenters. The molecule has 92 valence electrons. The summed E-state index contributed by atoms with van der Waals surface area (Å²) in [5.74, 6) is 3.30. The van der Waals surface area contributed by atoms with Gasteiger partial charge in [0.1, 0.15) is 0 Å². The van der Waals surface area contributed by atoms with Gasteiger partial charge in [-0.15, -0.1) is 0 Å². The summed E-state index contributed by atoms with van der Waals surface area (Å²) < 4.78 is 0. The molecule has 1 N–H and O–H groups in total. The van der Waals surface area contributed by atoms with Crippen LogP contribution in [0.2, 0.25) is 0 Å². The predicted octanol–water partition coefficient (Wildman–Crippen LogP) is 2.11. The zero-order valence-corrected chi connectivity index (χ0v) is 10.6. The van der Waals surface area contributed by atoms with Crippen molar-refractivity contribution in [3.8, 4) is 0 Å². The molecule has 0 amide bonds. The smallest absolute Gasteiger partial charge is 0.0207 e. The third-order valence-electron chi connectivity index (χ3n) is 4.69. The number of likely N-dealkylation sites (N-methyl/N-ethyl adjacent to an activating group) is 1. The Morgan fingerprint density at radius 3 is 2.38 bits per heavy atom. The highest BCUT2D eigenvalue weighted by Crippen LogP contribution is 2.49. The summed E-state index contributed by atoms with van der Waals surface area (Å²) in [7, 11) is 0. The Morgan fingerprint density at radius 1 is 1.12 bits per heavy atom. The number of rotatable bonds is 6. The normalized spacial score (nSPS) is 31.5. The molecule has 3 rings (SSSR count). The van der Waals surface area contributed by atoms with E-state index in [1.165, 1.54) is 51.7 Å². The van der Waals surface area contributed by atoms with Crippen LogP contribution < -0.4 is 5.32 Å². The van der Waals surface area contributed by atoms with E-state index < -0.39 is 0 Å². The highest BCUT2D eigenvalue weighted by atomic mass is 15.2. The lowest BCUT2D eigenvalue weighted by Gasteiger charge is -2.23. The maximum absolute atomic E-state index is 3.60. The average molecular weight is 222 g/mol. The molecule has 0 bridgehead atoms. The minimum atomic E-state index is 0.782. The first-order chi connectivity index (χ1) is 7.86. The van der Waals surface area contributed by atoms with E-state index in [1.807, 2.05) is 0 Å². The van der Waals surface area contributed by atoms with Crippen LogP contribution in [-0.4, -0.2) is 37.1 Å². The van der Waals surface area contributed by atoms with Gasteiger partial charge in [-0.05, 0) is 62.9 Å². The number of hydrogen-bond acceptors (Lipinski definition) is 2. The molecule has 16 heavy (non-hydrogen) atoms. The lowest BCUT2D eigenvalue weighted by Crippen LogP contribution is -2.35. The molecule has 0 aromatic carbocycles. The molecule has 3 aliphatic rings. The molecule has 1 unspecified atom stereocenters. The van der Waals surface area contributed by atoms with Gasteiger partial charge in [-0.3, -0.25) is 0 Å². The SMILES string of the molecule is CCNC1CCN(CC(C2CC2)C2CC2)C1. The monoisotopic (exact) mass is 222 g/mol. The van der Waals surface area contributed by atoms with Gasteiger partial charge in [0.25, 0.3) is 0 Å². The van der Waals surface area contributed by atoms with Crippen LogP contribution in [0.1, 0.15) is 39.0 Å². The van der Waals surface area contributed by atoms with Crippen molar-refractivity contribution in [3.63, 3.8) is 0 Å². The fraction of sp³-hybridized carbons (Fsp3) is 1.00. The Balaban J connectivity index is 1.46. The number of nitrogens with zero attached hydrogens (tertiary/aromatic N) is 1. The predicted molar refractivity (Wildman–Crippen MR) is 67.5 cm³/mol.